The Bertz CT molecular complexity index is 1530. The highest BCUT2D eigenvalue weighted by Gasteiger charge is 2.15. The second kappa shape index (κ2) is 8.07. The van der Waals surface area contributed by atoms with Crippen LogP contribution in [-0.2, 0) is 0 Å². The number of thiophene rings is 1. The zero-order chi connectivity index (χ0) is 21.4. The minimum Gasteiger partial charge on any atom is -0.308 e. The zero-order valence-corrected chi connectivity index (χ0v) is 18.5. The van der Waals surface area contributed by atoms with Crippen molar-refractivity contribution in [3.05, 3.63) is 115 Å². The van der Waals surface area contributed by atoms with Crippen LogP contribution in [0.5, 0.6) is 0 Å². The monoisotopic (exact) mass is 437 g/mol. The quantitative estimate of drug-likeness (QED) is 0.238. The summed E-state index contributed by atoms with van der Waals surface area (Å²) < 4.78 is 4.91. The Balaban J connectivity index is 0.000000473. The lowest BCUT2D eigenvalue weighted by atomic mass is 10.1. The summed E-state index contributed by atoms with van der Waals surface area (Å²) in [6.07, 6.45) is 3.28. The SMILES string of the molecule is C=CC=C.Clc1ccc2c(c1)sc1c(-n3c4ccccc4c4ccccc43)cccc12. The van der Waals surface area contributed by atoms with Crippen LogP contribution < -0.4 is 0 Å². The lowest BCUT2D eigenvalue weighted by Gasteiger charge is -2.09. The van der Waals surface area contributed by atoms with Crippen molar-refractivity contribution in [2.75, 3.05) is 0 Å². The molecule has 0 amide bonds. The van der Waals surface area contributed by atoms with Crippen LogP contribution in [0, 0.1) is 0 Å². The molecule has 0 spiro atoms. The van der Waals surface area contributed by atoms with Crippen LogP contribution in [0.4, 0.5) is 0 Å². The number of nitrogens with zero attached hydrogens (tertiary/aromatic N) is 1. The van der Waals surface area contributed by atoms with Gasteiger partial charge in [0.1, 0.15) is 0 Å². The highest BCUT2D eigenvalue weighted by atomic mass is 35.5. The highest BCUT2D eigenvalue weighted by Crippen LogP contribution is 2.41. The van der Waals surface area contributed by atoms with Crippen LogP contribution in [0.1, 0.15) is 0 Å². The van der Waals surface area contributed by atoms with E-state index in [1.165, 1.54) is 47.7 Å². The molecule has 3 heteroatoms. The molecule has 0 bridgehead atoms. The van der Waals surface area contributed by atoms with Gasteiger partial charge >= 0.3 is 0 Å². The lowest BCUT2D eigenvalue weighted by Crippen LogP contribution is -1.93. The van der Waals surface area contributed by atoms with Crippen LogP contribution in [0.15, 0.2) is 110 Å². The molecule has 0 fully saturated rings. The van der Waals surface area contributed by atoms with Crippen molar-refractivity contribution in [1.82, 2.24) is 4.57 Å². The third-order valence-electron chi connectivity index (χ3n) is 5.43. The maximum atomic E-state index is 6.24. The summed E-state index contributed by atoms with van der Waals surface area (Å²) in [6, 6.07) is 30.0. The molecule has 2 heterocycles. The van der Waals surface area contributed by atoms with E-state index in [1.807, 2.05) is 17.4 Å². The first kappa shape index (κ1) is 19.6. The molecule has 0 saturated heterocycles. The molecule has 0 aliphatic carbocycles. The average Bonchev–Trinajstić information content (AvgIpc) is 3.34. The van der Waals surface area contributed by atoms with Gasteiger partial charge in [0, 0.05) is 31.3 Å². The molecule has 6 aromatic rings. The molecular weight excluding hydrogens is 418 g/mol. The van der Waals surface area contributed by atoms with Crippen molar-refractivity contribution < 1.29 is 0 Å². The summed E-state index contributed by atoms with van der Waals surface area (Å²) in [4.78, 5) is 0. The first-order chi connectivity index (χ1) is 15.2. The number of hydrogen-bond acceptors (Lipinski definition) is 1. The molecule has 0 aliphatic heterocycles. The van der Waals surface area contributed by atoms with E-state index >= 15 is 0 Å². The third-order valence-corrected chi connectivity index (χ3v) is 6.85. The molecule has 0 unspecified atom stereocenters. The minimum absolute atomic E-state index is 0.785. The van der Waals surface area contributed by atoms with Gasteiger partial charge in [0.15, 0.2) is 0 Å². The van der Waals surface area contributed by atoms with E-state index in [4.69, 9.17) is 11.6 Å². The predicted octanol–water partition coefficient (Wildman–Crippen LogP) is 9.16. The number of benzene rings is 4. The summed E-state index contributed by atoms with van der Waals surface area (Å²) >= 11 is 8.06. The summed E-state index contributed by atoms with van der Waals surface area (Å²) in [5, 5.41) is 5.91. The Morgan fingerprint density at radius 3 is 1.94 bits per heavy atom. The number of rotatable bonds is 2. The van der Waals surface area contributed by atoms with Gasteiger partial charge in [0.2, 0.25) is 0 Å². The fraction of sp³-hybridized carbons (Fsp3) is 0. The van der Waals surface area contributed by atoms with Crippen LogP contribution in [0.25, 0.3) is 47.7 Å². The summed E-state index contributed by atoms with van der Waals surface area (Å²) in [5.74, 6) is 0. The number of fused-ring (bicyclic) bond motifs is 6. The first-order valence-corrected chi connectivity index (χ1v) is 11.2. The standard InChI is InChI=1S/C24H14ClNS.C4H6/c25-15-12-13-18-19-8-5-11-22(24(19)27-23(18)14-15)26-20-9-3-1-6-16(20)17-7-2-4-10-21(17)26;1-3-4-2/h1-14H;3-4H,1-2H2. The molecule has 0 radical (unpaired) electrons. The molecule has 1 nitrogen and oxygen atoms in total. The van der Waals surface area contributed by atoms with Gasteiger partial charge in [-0.1, -0.05) is 91.5 Å². The Labute approximate surface area is 190 Å². The second-order valence-electron chi connectivity index (χ2n) is 7.24. The number of hydrogen-bond donors (Lipinski definition) is 0. The van der Waals surface area contributed by atoms with Crippen molar-refractivity contribution in [3.8, 4) is 5.69 Å². The van der Waals surface area contributed by atoms with E-state index in [0.29, 0.717) is 0 Å². The second-order valence-corrected chi connectivity index (χ2v) is 8.73. The fourth-order valence-electron chi connectivity index (χ4n) is 4.12. The molecule has 0 saturated carbocycles. The molecule has 0 aliphatic rings. The number of allylic oxidation sites excluding steroid dienone is 2. The fourth-order valence-corrected chi connectivity index (χ4v) is 5.60. The maximum absolute atomic E-state index is 6.24. The van der Waals surface area contributed by atoms with Gasteiger partial charge in [-0.25, -0.2) is 0 Å². The molecule has 2 aromatic heterocycles. The Morgan fingerprint density at radius 2 is 1.29 bits per heavy atom. The Hall–Kier alpha value is -3.33. The minimum atomic E-state index is 0.785. The Morgan fingerprint density at radius 1 is 0.677 bits per heavy atom. The predicted molar refractivity (Wildman–Crippen MR) is 139 cm³/mol. The normalized spacial score (nSPS) is 11.0. The van der Waals surface area contributed by atoms with Gasteiger partial charge in [-0.2, -0.15) is 0 Å². The summed E-state index contributed by atoms with van der Waals surface area (Å²) in [7, 11) is 0. The molecule has 31 heavy (non-hydrogen) atoms. The Kier molecular flexibility index (Phi) is 5.11. The van der Waals surface area contributed by atoms with Gasteiger partial charge in [0.25, 0.3) is 0 Å². The third kappa shape index (κ3) is 3.25. The van der Waals surface area contributed by atoms with Crippen molar-refractivity contribution in [2.45, 2.75) is 0 Å². The number of para-hydroxylation sites is 2. The lowest BCUT2D eigenvalue weighted by molar-refractivity contribution is 1.20. The van der Waals surface area contributed by atoms with Crippen LogP contribution in [0.3, 0.4) is 0 Å². The van der Waals surface area contributed by atoms with Crippen molar-refractivity contribution in [1.29, 1.82) is 0 Å². The summed E-state index contributed by atoms with van der Waals surface area (Å²) in [6.45, 7) is 6.72. The zero-order valence-electron chi connectivity index (χ0n) is 16.9. The van der Waals surface area contributed by atoms with Crippen molar-refractivity contribution >= 4 is 64.9 Å². The largest absolute Gasteiger partial charge is 0.308 e. The van der Waals surface area contributed by atoms with Crippen molar-refractivity contribution in [3.63, 3.8) is 0 Å². The van der Waals surface area contributed by atoms with Crippen molar-refractivity contribution in [2.24, 2.45) is 0 Å². The maximum Gasteiger partial charge on any atom is 0.0640 e. The van der Waals surface area contributed by atoms with E-state index in [1.54, 1.807) is 12.2 Å². The van der Waals surface area contributed by atoms with E-state index < -0.39 is 0 Å². The van der Waals surface area contributed by atoms with E-state index in [0.717, 1.165) is 5.02 Å². The number of halogens is 1. The molecule has 6 rings (SSSR count). The topological polar surface area (TPSA) is 4.93 Å². The average molecular weight is 438 g/mol. The van der Waals surface area contributed by atoms with Gasteiger partial charge < -0.3 is 4.57 Å². The number of aromatic nitrogens is 1. The van der Waals surface area contributed by atoms with Gasteiger partial charge in [0.05, 0.1) is 21.4 Å². The smallest absolute Gasteiger partial charge is 0.0640 e. The van der Waals surface area contributed by atoms with E-state index in [9.17, 15) is 0 Å². The first-order valence-electron chi connectivity index (χ1n) is 10.1. The van der Waals surface area contributed by atoms with Crippen LogP contribution in [-0.4, -0.2) is 4.57 Å². The van der Waals surface area contributed by atoms with Crippen LogP contribution >= 0.6 is 22.9 Å². The molecular formula is C28H20ClNS. The van der Waals surface area contributed by atoms with Gasteiger partial charge in [-0.05, 0) is 30.3 Å². The van der Waals surface area contributed by atoms with E-state index in [2.05, 4.69) is 96.6 Å². The van der Waals surface area contributed by atoms with Gasteiger partial charge in [-0.15, -0.1) is 11.3 Å². The van der Waals surface area contributed by atoms with E-state index in [-0.39, 0.29) is 0 Å². The molecule has 4 aromatic carbocycles. The van der Waals surface area contributed by atoms with Gasteiger partial charge in [-0.3, -0.25) is 0 Å². The molecule has 150 valence electrons. The molecule has 0 N–H and O–H groups in total. The summed E-state index contributed by atoms with van der Waals surface area (Å²) in [5.41, 5.74) is 3.70. The molecule has 0 atom stereocenters. The highest BCUT2D eigenvalue weighted by molar-refractivity contribution is 7.26. The van der Waals surface area contributed by atoms with Crippen LogP contribution in [0.2, 0.25) is 5.02 Å².